The highest BCUT2D eigenvalue weighted by molar-refractivity contribution is 5.84. The number of benzene rings is 1. The molecule has 1 aromatic heterocycles. The van der Waals surface area contributed by atoms with Crippen LogP contribution in [0.4, 0.5) is 0 Å². The minimum Gasteiger partial charge on any atom is -0.476 e. The molecule has 0 spiro atoms. The van der Waals surface area contributed by atoms with E-state index in [-0.39, 0.29) is 18.1 Å². The third kappa shape index (κ3) is 3.23. The zero-order chi connectivity index (χ0) is 16.4. The number of hydrogen-bond acceptors (Lipinski definition) is 4. The van der Waals surface area contributed by atoms with Gasteiger partial charge >= 0.3 is 5.97 Å². The van der Waals surface area contributed by atoms with E-state index in [1.54, 1.807) is 4.90 Å². The summed E-state index contributed by atoms with van der Waals surface area (Å²) in [5.41, 5.74) is 2.38. The molecule has 7 heteroatoms. The fourth-order valence-corrected chi connectivity index (χ4v) is 3.00. The van der Waals surface area contributed by atoms with Crippen molar-refractivity contribution in [2.75, 3.05) is 13.1 Å². The largest absolute Gasteiger partial charge is 0.476 e. The van der Waals surface area contributed by atoms with Gasteiger partial charge < -0.3 is 10.0 Å². The first-order chi connectivity index (χ1) is 11.0. The first-order valence-corrected chi connectivity index (χ1v) is 7.51. The van der Waals surface area contributed by atoms with E-state index < -0.39 is 5.97 Å². The van der Waals surface area contributed by atoms with Crippen LogP contribution in [0.3, 0.4) is 0 Å². The molecule has 0 aliphatic carbocycles. The van der Waals surface area contributed by atoms with Gasteiger partial charge in [0.15, 0.2) is 5.69 Å². The lowest BCUT2D eigenvalue weighted by Gasteiger charge is -2.17. The van der Waals surface area contributed by atoms with Crippen LogP contribution in [0.1, 0.15) is 34.0 Å². The molecule has 1 unspecified atom stereocenters. The summed E-state index contributed by atoms with van der Waals surface area (Å²) in [5.74, 6) is -0.863. The van der Waals surface area contributed by atoms with Crippen LogP contribution in [-0.2, 0) is 11.3 Å². The zero-order valence-electron chi connectivity index (χ0n) is 12.8. The van der Waals surface area contributed by atoms with Crippen LogP contribution in [0.15, 0.2) is 30.5 Å². The second-order valence-corrected chi connectivity index (χ2v) is 5.79. The number of rotatable bonds is 4. The molecule has 1 amide bonds. The molecule has 0 bridgehead atoms. The van der Waals surface area contributed by atoms with Crippen molar-refractivity contribution in [3.05, 3.63) is 47.3 Å². The molecule has 23 heavy (non-hydrogen) atoms. The molecule has 1 saturated heterocycles. The van der Waals surface area contributed by atoms with E-state index in [2.05, 4.69) is 29.4 Å². The Labute approximate surface area is 133 Å². The molecule has 120 valence electrons. The number of aromatic nitrogens is 3. The molecule has 1 aromatic carbocycles. The molecule has 2 aromatic rings. The molecular formula is C16H18N4O3. The monoisotopic (exact) mass is 314 g/mol. The van der Waals surface area contributed by atoms with E-state index in [1.165, 1.54) is 22.0 Å². The second kappa shape index (κ2) is 6.20. The van der Waals surface area contributed by atoms with Crippen LogP contribution in [0.5, 0.6) is 0 Å². The molecule has 1 fully saturated rings. The Hall–Kier alpha value is -2.70. The van der Waals surface area contributed by atoms with E-state index in [0.717, 1.165) is 6.42 Å². The van der Waals surface area contributed by atoms with Crippen molar-refractivity contribution in [1.29, 1.82) is 0 Å². The Balaban J connectivity index is 1.63. The van der Waals surface area contributed by atoms with Crippen LogP contribution >= 0.6 is 0 Å². The summed E-state index contributed by atoms with van der Waals surface area (Å²) in [6.45, 7) is 3.49. The highest BCUT2D eigenvalue weighted by Gasteiger charge is 2.28. The third-order valence-electron chi connectivity index (χ3n) is 4.22. The van der Waals surface area contributed by atoms with Crippen molar-refractivity contribution in [3.63, 3.8) is 0 Å². The normalized spacial score (nSPS) is 17.4. The summed E-state index contributed by atoms with van der Waals surface area (Å²) < 4.78 is 1.27. The van der Waals surface area contributed by atoms with Gasteiger partial charge in [0.1, 0.15) is 6.54 Å². The fraction of sp³-hybridized carbons (Fsp3) is 0.375. The van der Waals surface area contributed by atoms with Crippen LogP contribution in [0.2, 0.25) is 0 Å². The standard InChI is InChI=1S/C16H18N4O3/c1-11-4-2-3-5-13(11)12-6-7-19(8-12)15(21)10-20-9-14(16(22)23)17-18-20/h2-5,9,12H,6-8,10H2,1H3,(H,22,23). The van der Waals surface area contributed by atoms with Crippen LogP contribution in [0.25, 0.3) is 0 Å². The highest BCUT2D eigenvalue weighted by Crippen LogP contribution is 2.29. The predicted octanol–water partition coefficient (Wildman–Crippen LogP) is 1.30. The van der Waals surface area contributed by atoms with Crippen molar-refractivity contribution in [1.82, 2.24) is 19.9 Å². The Bertz CT molecular complexity index is 740. The summed E-state index contributed by atoms with van der Waals surface area (Å²) in [6, 6.07) is 8.24. The van der Waals surface area contributed by atoms with E-state index in [1.807, 2.05) is 12.1 Å². The summed E-state index contributed by atoms with van der Waals surface area (Å²) in [7, 11) is 0. The Kier molecular flexibility index (Phi) is 4.10. The molecule has 7 nitrogen and oxygen atoms in total. The van der Waals surface area contributed by atoms with Gasteiger partial charge in [0, 0.05) is 19.0 Å². The minimum absolute atomic E-state index is 0.0147. The van der Waals surface area contributed by atoms with Gasteiger partial charge in [0.05, 0.1) is 6.20 Å². The Morgan fingerprint density at radius 1 is 1.35 bits per heavy atom. The summed E-state index contributed by atoms with van der Waals surface area (Å²) in [4.78, 5) is 24.9. The molecule has 1 atom stereocenters. The number of amides is 1. The van der Waals surface area contributed by atoms with Crippen molar-refractivity contribution < 1.29 is 14.7 Å². The van der Waals surface area contributed by atoms with E-state index in [9.17, 15) is 9.59 Å². The first kappa shape index (κ1) is 15.2. The van der Waals surface area contributed by atoms with Gasteiger partial charge in [-0.3, -0.25) is 4.79 Å². The highest BCUT2D eigenvalue weighted by atomic mass is 16.4. The molecule has 3 rings (SSSR count). The van der Waals surface area contributed by atoms with Gasteiger partial charge in [-0.15, -0.1) is 5.10 Å². The van der Waals surface area contributed by atoms with Gasteiger partial charge in [0.2, 0.25) is 5.91 Å². The number of aryl methyl sites for hydroxylation is 1. The number of carboxylic acids is 1. The van der Waals surface area contributed by atoms with Gasteiger partial charge in [-0.2, -0.15) is 0 Å². The van der Waals surface area contributed by atoms with Crippen molar-refractivity contribution >= 4 is 11.9 Å². The zero-order valence-corrected chi connectivity index (χ0v) is 12.8. The number of hydrogen-bond donors (Lipinski definition) is 1. The SMILES string of the molecule is Cc1ccccc1C1CCN(C(=O)Cn2cc(C(=O)O)nn2)C1. The predicted molar refractivity (Wildman–Crippen MR) is 82.1 cm³/mol. The minimum atomic E-state index is -1.15. The molecule has 1 aliphatic heterocycles. The molecule has 0 saturated carbocycles. The summed E-state index contributed by atoms with van der Waals surface area (Å²) >= 11 is 0. The van der Waals surface area contributed by atoms with Crippen molar-refractivity contribution in [2.24, 2.45) is 0 Å². The van der Waals surface area contributed by atoms with E-state index in [4.69, 9.17) is 5.11 Å². The van der Waals surface area contributed by atoms with E-state index >= 15 is 0 Å². The van der Waals surface area contributed by atoms with Gasteiger partial charge in [-0.25, -0.2) is 9.48 Å². The molecule has 1 aliphatic rings. The lowest BCUT2D eigenvalue weighted by Crippen LogP contribution is -2.32. The molecular weight excluding hydrogens is 296 g/mol. The topological polar surface area (TPSA) is 88.3 Å². The lowest BCUT2D eigenvalue weighted by molar-refractivity contribution is -0.131. The summed E-state index contributed by atoms with van der Waals surface area (Å²) in [6.07, 6.45) is 2.21. The first-order valence-electron chi connectivity index (χ1n) is 7.51. The molecule has 1 N–H and O–H groups in total. The van der Waals surface area contributed by atoms with Gasteiger partial charge in [-0.1, -0.05) is 29.5 Å². The van der Waals surface area contributed by atoms with Crippen molar-refractivity contribution in [2.45, 2.75) is 25.8 Å². The van der Waals surface area contributed by atoms with Crippen LogP contribution < -0.4 is 0 Å². The average molecular weight is 314 g/mol. The Morgan fingerprint density at radius 2 is 2.13 bits per heavy atom. The second-order valence-electron chi connectivity index (χ2n) is 5.79. The van der Waals surface area contributed by atoms with Gasteiger partial charge in [-0.05, 0) is 24.5 Å². The third-order valence-corrected chi connectivity index (χ3v) is 4.22. The summed E-state index contributed by atoms with van der Waals surface area (Å²) in [5, 5.41) is 16.0. The smallest absolute Gasteiger partial charge is 0.358 e. The van der Waals surface area contributed by atoms with Gasteiger partial charge in [0.25, 0.3) is 0 Å². The maximum absolute atomic E-state index is 12.3. The number of carbonyl (C=O) groups excluding carboxylic acids is 1. The van der Waals surface area contributed by atoms with E-state index in [0.29, 0.717) is 19.0 Å². The number of carbonyl (C=O) groups is 2. The fourth-order valence-electron chi connectivity index (χ4n) is 3.00. The maximum atomic E-state index is 12.3. The number of nitrogens with zero attached hydrogens (tertiary/aromatic N) is 4. The number of aromatic carboxylic acids is 1. The number of likely N-dealkylation sites (tertiary alicyclic amines) is 1. The molecule has 0 radical (unpaired) electrons. The van der Waals surface area contributed by atoms with Crippen LogP contribution in [-0.4, -0.2) is 50.0 Å². The lowest BCUT2D eigenvalue weighted by atomic mass is 9.94. The number of carboxylic acid groups (broad SMARTS) is 1. The maximum Gasteiger partial charge on any atom is 0.358 e. The Morgan fingerprint density at radius 3 is 2.83 bits per heavy atom. The van der Waals surface area contributed by atoms with Crippen molar-refractivity contribution in [3.8, 4) is 0 Å². The quantitative estimate of drug-likeness (QED) is 0.919. The average Bonchev–Trinajstić information content (AvgIpc) is 3.16. The van der Waals surface area contributed by atoms with Crippen LogP contribution in [0, 0.1) is 6.92 Å². The molecule has 2 heterocycles.